The first-order chi connectivity index (χ1) is 6.66. The Morgan fingerprint density at radius 1 is 1.50 bits per heavy atom. The minimum absolute atomic E-state index is 0.0190. The summed E-state index contributed by atoms with van der Waals surface area (Å²) in [4.78, 5) is 11.3. The predicted molar refractivity (Wildman–Crippen MR) is 57.3 cm³/mol. The summed E-state index contributed by atoms with van der Waals surface area (Å²) >= 11 is 5.68. The first-order valence-electron chi connectivity index (χ1n) is 5.58. The molecule has 2 aliphatic rings. The van der Waals surface area contributed by atoms with Crippen LogP contribution in [0.4, 0.5) is 0 Å². The summed E-state index contributed by atoms with van der Waals surface area (Å²) < 4.78 is 0. The Balaban J connectivity index is 1.74. The Labute approximate surface area is 90.4 Å². The second kappa shape index (κ2) is 4.09. The standard InChI is InChI=1S/C11H18ClNO/c1-7(12)11(14)13-6-10-5-8-2-3-9(10)4-8/h7-10H,2-6H2,1H3,(H,13,14). The third-order valence-corrected chi connectivity index (χ3v) is 3.98. The van der Waals surface area contributed by atoms with Crippen molar-refractivity contribution in [2.75, 3.05) is 6.54 Å². The lowest BCUT2D eigenvalue weighted by Crippen LogP contribution is -2.35. The molecule has 2 aliphatic carbocycles. The Morgan fingerprint density at radius 3 is 2.79 bits per heavy atom. The van der Waals surface area contributed by atoms with Gasteiger partial charge >= 0.3 is 0 Å². The Hall–Kier alpha value is -0.240. The lowest BCUT2D eigenvalue weighted by molar-refractivity contribution is -0.120. The van der Waals surface area contributed by atoms with Gasteiger partial charge in [0, 0.05) is 6.54 Å². The highest BCUT2D eigenvalue weighted by molar-refractivity contribution is 6.30. The van der Waals surface area contributed by atoms with Gasteiger partial charge in [-0.05, 0) is 43.9 Å². The molecule has 1 N–H and O–H groups in total. The summed E-state index contributed by atoms with van der Waals surface area (Å²) in [7, 11) is 0. The number of halogens is 1. The highest BCUT2D eigenvalue weighted by Gasteiger charge is 2.39. The number of alkyl halides is 1. The fraction of sp³-hybridized carbons (Fsp3) is 0.909. The van der Waals surface area contributed by atoms with Gasteiger partial charge in [0.2, 0.25) is 5.91 Å². The van der Waals surface area contributed by atoms with Crippen molar-refractivity contribution in [2.45, 2.75) is 38.0 Å². The van der Waals surface area contributed by atoms with Gasteiger partial charge in [-0.3, -0.25) is 4.79 Å². The summed E-state index contributed by atoms with van der Waals surface area (Å²) in [6.07, 6.45) is 5.52. The third-order valence-electron chi connectivity index (χ3n) is 3.78. The molecule has 0 aliphatic heterocycles. The molecule has 4 atom stereocenters. The molecule has 4 unspecified atom stereocenters. The fourth-order valence-electron chi connectivity index (χ4n) is 3.00. The van der Waals surface area contributed by atoms with Crippen LogP contribution in [0.15, 0.2) is 0 Å². The maximum Gasteiger partial charge on any atom is 0.237 e. The number of hydrogen-bond donors (Lipinski definition) is 1. The van der Waals surface area contributed by atoms with E-state index >= 15 is 0 Å². The molecule has 0 heterocycles. The topological polar surface area (TPSA) is 29.1 Å². The van der Waals surface area contributed by atoms with Gasteiger partial charge in [-0.15, -0.1) is 11.6 Å². The van der Waals surface area contributed by atoms with Crippen LogP contribution in [0.3, 0.4) is 0 Å². The van der Waals surface area contributed by atoms with E-state index in [1.165, 1.54) is 25.7 Å². The van der Waals surface area contributed by atoms with Gasteiger partial charge in [-0.1, -0.05) is 6.42 Å². The Morgan fingerprint density at radius 2 is 2.29 bits per heavy atom. The molecule has 2 rings (SSSR count). The van der Waals surface area contributed by atoms with E-state index in [1.807, 2.05) is 0 Å². The maximum atomic E-state index is 11.3. The molecule has 0 saturated heterocycles. The summed E-state index contributed by atoms with van der Waals surface area (Å²) in [5.41, 5.74) is 0. The molecule has 0 radical (unpaired) electrons. The number of fused-ring (bicyclic) bond motifs is 2. The van der Waals surface area contributed by atoms with Crippen molar-refractivity contribution in [2.24, 2.45) is 17.8 Å². The van der Waals surface area contributed by atoms with E-state index in [4.69, 9.17) is 11.6 Å². The molecule has 2 bridgehead atoms. The van der Waals surface area contributed by atoms with E-state index < -0.39 is 5.38 Å². The van der Waals surface area contributed by atoms with Crippen molar-refractivity contribution in [3.63, 3.8) is 0 Å². The van der Waals surface area contributed by atoms with Gasteiger partial charge in [0.15, 0.2) is 0 Å². The molecule has 3 heteroatoms. The van der Waals surface area contributed by atoms with Crippen molar-refractivity contribution in [3.05, 3.63) is 0 Å². The van der Waals surface area contributed by atoms with Crippen LogP contribution in [0.25, 0.3) is 0 Å². The van der Waals surface area contributed by atoms with E-state index in [1.54, 1.807) is 6.92 Å². The fourth-order valence-corrected chi connectivity index (χ4v) is 3.08. The molecule has 14 heavy (non-hydrogen) atoms. The smallest absolute Gasteiger partial charge is 0.237 e. The van der Waals surface area contributed by atoms with Crippen molar-refractivity contribution >= 4 is 17.5 Å². The Bertz CT molecular complexity index is 229. The zero-order valence-corrected chi connectivity index (χ0v) is 9.39. The number of carbonyl (C=O) groups is 1. The molecule has 2 saturated carbocycles. The molecule has 2 nitrogen and oxygen atoms in total. The highest BCUT2D eigenvalue weighted by Crippen LogP contribution is 2.47. The molecule has 2 fully saturated rings. The van der Waals surface area contributed by atoms with Crippen molar-refractivity contribution in [1.82, 2.24) is 5.32 Å². The minimum atomic E-state index is -0.395. The van der Waals surface area contributed by atoms with Crippen LogP contribution in [-0.2, 0) is 4.79 Å². The number of hydrogen-bond acceptors (Lipinski definition) is 1. The molecule has 0 spiro atoms. The van der Waals surface area contributed by atoms with E-state index in [2.05, 4.69) is 5.32 Å². The second-order valence-electron chi connectivity index (χ2n) is 4.80. The summed E-state index contributed by atoms with van der Waals surface area (Å²) in [5.74, 6) is 2.55. The van der Waals surface area contributed by atoms with Crippen molar-refractivity contribution in [3.8, 4) is 0 Å². The third kappa shape index (κ3) is 2.05. The first kappa shape index (κ1) is 10.3. The molecule has 0 aromatic carbocycles. The maximum absolute atomic E-state index is 11.3. The minimum Gasteiger partial charge on any atom is -0.355 e. The zero-order chi connectivity index (χ0) is 10.1. The molecular weight excluding hydrogens is 198 g/mol. The SMILES string of the molecule is CC(Cl)C(=O)NCC1CC2CCC1C2. The van der Waals surface area contributed by atoms with Gasteiger partial charge in [0.25, 0.3) is 0 Å². The number of carbonyl (C=O) groups excluding carboxylic acids is 1. The molecular formula is C11H18ClNO. The summed E-state index contributed by atoms with van der Waals surface area (Å²) in [6.45, 7) is 2.56. The number of rotatable bonds is 3. The quantitative estimate of drug-likeness (QED) is 0.719. The summed E-state index contributed by atoms with van der Waals surface area (Å²) in [5, 5.41) is 2.54. The molecule has 1 amide bonds. The average molecular weight is 216 g/mol. The van der Waals surface area contributed by atoms with Crippen LogP contribution in [0.5, 0.6) is 0 Å². The van der Waals surface area contributed by atoms with E-state index in [9.17, 15) is 4.79 Å². The van der Waals surface area contributed by atoms with Gasteiger partial charge in [0.1, 0.15) is 5.38 Å². The average Bonchev–Trinajstić information content (AvgIpc) is 2.74. The van der Waals surface area contributed by atoms with Crippen LogP contribution in [0.2, 0.25) is 0 Å². The zero-order valence-electron chi connectivity index (χ0n) is 8.63. The lowest BCUT2D eigenvalue weighted by atomic mass is 9.89. The van der Waals surface area contributed by atoms with Gasteiger partial charge in [-0.2, -0.15) is 0 Å². The lowest BCUT2D eigenvalue weighted by Gasteiger charge is -2.22. The van der Waals surface area contributed by atoms with Crippen LogP contribution in [-0.4, -0.2) is 17.8 Å². The van der Waals surface area contributed by atoms with Crippen LogP contribution >= 0.6 is 11.6 Å². The van der Waals surface area contributed by atoms with Crippen LogP contribution < -0.4 is 5.32 Å². The van der Waals surface area contributed by atoms with E-state index in [0.717, 1.165) is 24.3 Å². The summed E-state index contributed by atoms with van der Waals surface area (Å²) in [6, 6.07) is 0. The number of amides is 1. The number of nitrogens with one attached hydrogen (secondary N) is 1. The van der Waals surface area contributed by atoms with E-state index in [-0.39, 0.29) is 5.91 Å². The first-order valence-corrected chi connectivity index (χ1v) is 6.02. The van der Waals surface area contributed by atoms with Crippen molar-refractivity contribution in [1.29, 1.82) is 0 Å². The van der Waals surface area contributed by atoms with Crippen molar-refractivity contribution < 1.29 is 4.79 Å². The monoisotopic (exact) mass is 215 g/mol. The normalized spacial score (nSPS) is 37.1. The second-order valence-corrected chi connectivity index (χ2v) is 5.45. The molecule has 0 aromatic heterocycles. The van der Waals surface area contributed by atoms with Gasteiger partial charge < -0.3 is 5.32 Å². The predicted octanol–water partition coefficient (Wildman–Crippen LogP) is 2.17. The molecule has 0 aromatic rings. The Kier molecular flexibility index (Phi) is 3.01. The van der Waals surface area contributed by atoms with Crippen LogP contribution in [0, 0.1) is 17.8 Å². The molecule has 80 valence electrons. The van der Waals surface area contributed by atoms with E-state index in [0.29, 0.717) is 0 Å². The highest BCUT2D eigenvalue weighted by atomic mass is 35.5. The largest absolute Gasteiger partial charge is 0.355 e. The van der Waals surface area contributed by atoms with Gasteiger partial charge in [0.05, 0.1) is 0 Å². The van der Waals surface area contributed by atoms with Gasteiger partial charge in [-0.25, -0.2) is 0 Å². The van der Waals surface area contributed by atoms with Crippen LogP contribution in [0.1, 0.15) is 32.6 Å².